The summed E-state index contributed by atoms with van der Waals surface area (Å²) in [5.74, 6) is 4.22. The molecule has 0 saturated carbocycles. The largest absolute Gasteiger partial charge is 0.345 e. The Hall–Kier alpha value is -1.77. The van der Waals surface area contributed by atoms with Gasteiger partial charge in [-0.25, -0.2) is 0 Å². The van der Waals surface area contributed by atoms with E-state index in [1.165, 1.54) is 0 Å². The average Bonchev–Trinajstić information content (AvgIpc) is 2.60. The zero-order chi connectivity index (χ0) is 18.0. The summed E-state index contributed by atoms with van der Waals surface area (Å²) in [6.45, 7) is 8.37. The number of hydrogen-bond acceptors (Lipinski definition) is 3. The maximum atomic E-state index is 12.2. The molecule has 0 aromatic heterocycles. The minimum absolute atomic E-state index is 0.0543. The van der Waals surface area contributed by atoms with Gasteiger partial charge in [-0.15, -0.1) is 0 Å². The smallest absolute Gasteiger partial charge is 0.310 e. The number of amides is 2. The van der Waals surface area contributed by atoms with Crippen molar-refractivity contribution in [1.29, 1.82) is 0 Å². The Morgan fingerprint density at radius 3 is 2.38 bits per heavy atom. The Kier molecular flexibility index (Phi) is 5.42. The molecule has 1 aliphatic carbocycles. The molecule has 0 bridgehead atoms. The molecular formula is C18H24ClN3O2. The van der Waals surface area contributed by atoms with Gasteiger partial charge in [-0.1, -0.05) is 23.4 Å². The Labute approximate surface area is 148 Å². The van der Waals surface area contributed by atoms with Crippen molar-refractivity contribution in [2.45, 2.75) is 63.7 Å². The van der Waals surface area contributed by atoms with Gasteiger partial charge in [0.1, 0.15) is 6.04 Å². The fraction of sp³-hybridized carbons (Fsp3) is 0.556. The summed E-state index contributed by atoms with van der Waals surface area (Å²) >= 11 is 5.84. The molecule has 5 nitrogen and oxygen atoms in total. The summed E-state index contributed by atoms with van der Waals surface area (Å²) in [4.78, 5) is 24.3. The Bertz CT molecular complexity index is 637. The Balaban J connectivity index is 1.93. The average molecular weight is 350 g/mol. The van der Waals surface area contributed by atoms with Crippen LogP contribution in [-0.2, 0) is 9.59 Å². The van der Waals surface area contributed by atoms with Gasteiger partial charge in [0.25, 0.3) is 0 Å². The highest BCUT2D eigenvalue weighted by molar-refractivity contribution is 6.35. The summed E-state index contributed by atoms with van der Waals surface area (Å²) in [7, 11) is 0. The van der Waals surface area contributed by atoms with Crippen LogP contribution in [0.3, 0.4) is 0 Å². The number of hydrogen-bond donors (Lipinski definition) is 3. The maximum absolute atomic E-state index is 12.2. The molecule has 0 aromatic rings. The lowest BCUT2D eigenvalue weighted by molar-refractivity contribution is -0.140. The highest BCUT2D eigenvalue weighted by atomic mass is 35.5. The molecule has 0 aromatic carbocycles. The molecule has 2 rings (SSSR count). The second-order valence-corrected chi connectivity index (χ2v) is 8.04. The van der Waals surface area contributed by atoms with Crippen molar-refractivity contribution in [1.82, 2.24) is 16.0 Å². The summed E-state index contributed by atoms with van der Waals surface area (Å²) in [5.41, 5.74) is -0.206. The van der Waals surface area contributed by atoms with Gasteiger partial charge in [0.05, 0.1) is 0 Å². The molecule has 1 atom stereocenters. The van der Waals surface area contributed by atoms with Crippen LogP contribution in [0, 0.1) is 11.8 Å². The highest BCUT2D eigenvalue weighted by Gasteiger charge is 2.38. The van der Waals surface area contributed by atoms with E-state index in [2.05, 4.69) is 55.5 Å². The minimum atomic E-state index is -0.689. The van der Waals surface area contributed by atoms with Crippen LogP contribution in [0.25, 0.3) is 0 Å². The third-order valence-electron chi connectivity index (χ3n) is 3.92. The zero-order valence-electron chi connectivity index (χ0n) is 14.5. The van der Waals surface area contributed by atoms with Crippen LogP contribution in [0.15, 0.2) is 23.3 Å². The third-order valence-corrected chi connectivity index (χ3v) is 4.15. The van der Waals surface area contributed by atoms with Crippen LogP contribution in [0.4, 0.5) is 0 Å². The van der Waals surface area contributed by atoms with Gasteiger partial charge in [0.2, 0.25) is 0 Å². The monoisotopic (exact) mass is 349 g/mol. The number of rotatable bonds is 2. The summed E-state index contributed by atoms with van der Waals surface area (Å²) < 4.78 is 0. The van der Waals surface area contributed by atoms with E-state index in [9.17, 15) is 9.59 Å². The molecule has 1 heterocycles. The van der Waals surface area contributed by atoms with Crippen LogP contribution in [-0.4, -0.2) is 35.0 Å². The summed E-state index contributed by atoms with van der Waals surface area (Å²) in [5, 5.41) is 9.47. The van der Waals surface area contributed by atoms with Gasteiger partial charge in [-0.05, 0) is 52.7 Å². The second-order valence-electron chi connectivity index (χ2n) is 7.60. The van der Waals surface area contributed by atoms with Crippen molar-refractivity contribution >= 4 is 23.4 Å². The number of nitrogens with one attached hydrogen (secondary N) is 3. The third kappa shape index (κ3) is 5.40. The molecule has 0 radical (unpaired) electrons. The molecule has 1 aliphatic heterocycles. The lowest BCUT2D eigenvalue weighted by Gasteiger charge is -2.46. The van der Waals surface area contributed by atoms with Gasteiger partial charge >= 0.3 is 11.8 Å². The molecule has 1 unspecified atom stereocenters. The van der Waals surface area contributed by atoms with Gasteiger partial charge in [0.15, 0.2) is 0 Å². The summed E-state index contributed by atoms with van der Waals surface area (Å²) in [6, 6.07) is -0.585. The van der Waals surface area contributed by atoms with E-state index >= 15 is 0 Å². The van der Waals surface area contributed by atoms with Crippen LogP contribution in [0.2, 0.25) is 0 Å². The molecular weight excluding hydrogens is 326 g/mol. The van der Waals surface area contributed by atoms with E-state index in [0.29, 0.717) is 5.03 Å². The predicted molar refractivity (Wildman–Crippen MR) is 95.2 cm³/mol. The van der Waals surface area contributed by atoms with Crippen molar-refractivity contribution in [3.05, 3.63) is 23.3 Å². The van der Waals surface area contributed by atoms with Crippen LogP contribution in [0.1, 0.15) is 40.5 Å². The molecule has 0 spiro atoms. The fourth-order valence-electron chi connectivity index (χ4n) is 3.45. The van der Waals surface area contributed by atoms with Crippen molar-refractivity contribution in [3.8, 4) is 11.8 Å². The van der Waals surface area contributed by atoms with Crippen molar-refractivity contribution in [3.63, 3.8) is 0 Å². The summed E-state index contributed by atoms with van der Waals surface area (Å²) in [6.07, 6.45) is 6.36. The van der Waals surface area contributed by atoms with Crippen molar-refractivity contribution < 1.29 is 9.59 Å². The molecule has 24 heavy (non-hydrogen) atoms. The van der Waals surface area contributed by atoms with Gasteiger partial charge in [-0.3, -0.25) is 9.59 Å². The predicted octanol–water partition coefficient (Wildman–Crippen LogP) is 1.59. The zero-order valence-corrected chi connectivity index (χ0v) is 15.3. The molecule has 3 N–H and O–H groups in total. The maximum Gasteiger partial charge on any atom is 0.310 e. The quantitative estimate of drug-likeness (QED) is 0.524. The number of piperidine rings is 1. The molecule has 2 aliphatic rings. The SMILES string of the molecule is CC1(C)CC(NC(=O)C(=O)NC2C#CC=C(Cl)C=C2)CC(C)(C)N1. The van der Waals surface area contributed by atoms with E-state index in [1.807, 2.05) is 0 Å². The highest BCUT2D eigenvalue weighted by Crippen LogP contribution is 2.28. The first kappa shape index (κ1) is 18.6. The van der Waals surface area contributed by atoms with E-state index in [-0.39, 0.29) is 17.1 Å². The lowest BCUT2D eigenvalue weighted by atomic mass is 9.79. The van der Waals surface area contributed by atoms with Crippen LogP contribution >= 0.6 is 11.6 Å². The molecule has 1 saturated heterocycles. The number of carbonyl (C=O) groups is 2. The first-order valence-electron chi connectivity index (χ1n) is 8.02. The van der Waals surface area contributed by atoms with E-state index in [1.54, 1.807) is 18.2 Å². The number of halogens is 1. The molecule has 2 amide bonds. The van der Waals surface area contributed by atoms with E-state index < -0.39 is 17.9 Å². The van der Waals surface area contributed by atoms with Crippen LogP contribution in [0.5, 0.6) is 0 Å². The molecule has 6 heteroatoms. The standard InChI is InChI=1S/C18H24ClN3O2/c1-17(2)10-14(11-18(3,4)22-17)21-16(24)15(23)20-13-7-5-6-12(19)8-9-13/h6,8-9,13-14,22H,10-11H2,1-4H3,(H,20,23)(H,21,24). The molecule has 130 valence electrons. The van der Waals surface area contributed by atoms with Crippen molar-refractivity contribution in [2.75, 3.05) is 0 Å². The molecule has 1 fully saturated rings. The van der Waals surface area contributed by atoms with E-state index in [0.717, 1.165) is 12.8 Å². The van der Waals surface area contributed by atoms with E-state index in [4.69, 9.17) is 11.6 Å². The second kappa shape index (κ2) is 7.00. The Morgan fingerprint density at radius 1 is 1.17 bits per heavy atom. The minimum Gasteiger partial charge on any atom is -0.345 e. The number of carbonyl (C=O) groups excluding carboxylic acids is 2. The first-order chi connectivity index (χ1) is 11.1. The van der Waals surface area contributed by atoms with Crippen molar-refractivity contribution in [2.24, 2.45) is 0 Å². The Morgan fingerprint density at radius 2 is 1.75 bits per heavy atom. The lowest BCUT2D eigenvalue weighted by Crippen LogP contribution is -2.63. The fourth-order valence-corrected chi connectivity index (χ4v) is 3.58. The number of allylic oxidation sites excluding steroid dienone is 3. The van der Waals surface area contributed by atoms with Crippen LogP contribution < -0.4 is 16.0 Å². The first-order valence-corrected chi connectivity index (χ1v) is 8.40. The van der Waals surface area contributed by atoms with Gasteiger partial charge in [0, 0.05) is 28.2 Å². The van der Waals surface area contributed by atoms with Gasteiger partial charge in [-0.2, -0.15) is 0 Å². The van der Waals surface area contributed by atoms with Gasteiger partial charge < -0.3 is 16.0 Å². The normalized spacial score (nSPS) is 24.9. The topological polar surface area (TPSA) is 70.2 Å².